The number of non-ortho nitro benzene ring substituents is 1. The molecule has 0 aliphatic rings. The van der Waals surface area contributed by atoms with Gasteiger partial charge in [0.25, 0.3) is 5.69 Å². The van der Waals surface area contributed by atoms with Gasteiger partial charge in [-0.1, -0.05) is 19.1 Å². The predicted octanol–water partition coefficient (Wildman–Crippen LogP) is 2.43. The molecule has 0 fully saturated rings. The van der Waals surface area contributed by atoms with Gasteiger partial charge in [-0.2, -0.15) is 0 Å². The summed E-state index contributed by atoms with van der Waals surface area (Å²) < 4.78 is 0. The Bertz CT molecular complexity index is 548. The van der Waals surface area contributed by atoms with Crippen molar-refractivity contribution in [3.05, 3.63) is 45.5 Å². The van der Waals surface area contributed by atoms with E-state index in [4.69, 9.17) is 5.11 Å². The lowest BCUT2D eigenvalue weighted by Crippen LogP contribution is -2.11. The van der Waals surface area contributed by atoms with Crippen LogP contribution in [-0.4, -0.2) is 21.8 Å². The molecule has 1 aromatic rings. The topological polar surface area (TPSA) is 97.5 Å². The lowest BCUT2D eigenvalue weighted by Gasteiger charge is -2.01. The zero-order valence-electron chi connectivity index (χ0n) is 10.3. The molecule has 1 rings (SSSR count). The number of hydrogen-bond donors (Lipinski definition) is 1. The Hall–Kier alpha value is -2.50. The molecule has 1 N–H and O–H groups in total. The Balaban J connectivity index is 3.15. The molecule has 0 unspecified atom stereocenters. The normalized spacial score (nSPS) is 11.1. The van der Waals surface area contributed by atoms with E-state index in [9.17, 15) is 19.7 Å². The molecule has 0 spiro atoms. The highest BCUT2D eigenvalue weighted by molar-refractivity contribution is 6.20. The van der Waals surface area contributed by atoms with E-state index >= 15 is 0 Å². The first-order chi connectivity index (χ1) is 8.95. The number of ketones is 1. The molecule has 0 bridgehead atoms. The molecule has 19 heavy (non-hydrogen) atoms. The summed E-state index contributed by atoms with van der Waals surface area (Å²) in [4.78, 5) is 32.7. The second-order valence-corrected chi connectivity index (χ2v) is 3.89. The van der Waals surface area contributed by atoms with Crippen LogP contribution in [0.5, 0.6) is 0 Å². The van der Waals surface area contributed by atoms with Crippen LogP contribution in [0.15, 0.2) is 29.8 Å². The highest BCUT2D eigenvalue weighted by atomic mass is 16.6. The summed E-state index contributed by atoms with van der Waals surface area (Å²) in [7, 11) is 0. The smallest absolute Gasteiger partial charge is 0.339 e. The van der Waals surface area contributed by atoms with Gasteiger partial charge in [0.15, 0.2) is 5.78 Å². The molecule has 6 nitrogen and oxygen atoms in total. The average Bonchev–Trinajstić information content (AvgIpc) is 2.36. The lowest BCUT2D eigenvalue weighted by molar-refractivity contribution is -0.384. The van der Waals surface area contributed by atoms with Crippen LogP contribution in [0.25, 0.3) is 6.08 Å². The molecule has 0 aromatic heterocycles. The molecule has 0 atom stereocenters. The van der Waals surface area contributed by atoms with Crippen LogP contribution in [0.3, 0.4) is 0 Å². The highest BCUT2D eigenvalue weighted by Gasteiger charge is 2.16. The number of nitro benzene ring substituents is 1. The summed E-state index contributed by atoms with van der Waals surface area (Å²) in [6.07, 6.45) is 1.83. The fraction of sp³-hybridized carbons (Fsp3) is 0.231. The second kappa shape index (κ2) is 6.44. The van der Waals surface area contributed by atoms with Crippen LogP contribution in [0.1, 0.15) is 25.3 Å². The number of rotatable bonds is 6. The van der Waals surface area contributed by atoms with Crippen molar-refractivity contribution in [3.63, 3.8) is 0 Å². The van der Waals surface area contributed by atoms with Crippen LogP contribution in [-0.2, 0) is 9.59 Å². The fourth-order valence-electron chi connectivity index (χ4n) is 1.52. The van der Waals surface area contributed by atoms with E-state index in [0.29, 0.717) is 12.0 Å². The summed E-state index contributed by atoms with van der Waals surface area (Å²) in [6.45, 7) is 1.77. The number of carbonyl (C=O) groups excluding carboxylic acids is 1. The van der Waals surface area contributed by atoms with Crippen LogP contribution in [0, 0.1) is 10.1 Å². The predicted molar refractivity (Wildman–Crippen MR) is 68.6 cm³/mol. The van der Waals surface area contributed by atoms with Gasteiger partial charge in [0, 0.05) is 18.6 Å². The minimum Gasteiger partial charge on any atom is -0.478 e. The number of benzene rings is 1. The Labute approximate surface area is 109 Å². The van der Waals surface area contributed by atoms with Crippen molar-refractivity contribution in [2.45, 2.75) is 19.8 Å². The quantitative estimate of drug-likeness (QED) is 0.279. The first-order valence-electron chi connectivity index (χ1n) is 5.68. The number of carboxylic acid groups (broad SMARTS) is 1. The standard InChI is InChI=1S/C13H13NO5/c1-2-4-12(15)11(13(16)17)8-9-5-3-6-10(7-9)14(18)19/h3,5-8H,2,4H2,1H3,(H,16,17). The third kappa shape index (κ3) is 4.02. The summed E-state index contributed by atoms with van der Waals surface area (Å²) in [5.41, 5.74) is -0.195. The van der Waals surface area contributed by atoms with Crippen LogP contribution in [0.2, 0.25) is 0 Å². The summed E-state index contributed by atoms with van der Waals surface area (Å²) >= 11 is 0. The molecule has 0 aliphatic carbocycles. The number of carbonyl (C=O) groups is 2. The van der Waals surface area contributed by atoms with Crippen molar-refractivity contribution in [3.8, 4) is 0 Å². The first kappa shape index (κ1) is 14.6. The Kier molecular flexibility index (Phi) is 4.93. The van der Waals surface area contributed by atoms with Crippen molar-refractivity contribution in [1.82, 2.24) is 0 Å². The van der Waals surface area contributed by atoms with E-state index in [0.717, 1.165) is 6.08 Å². The Morgan fingerprint density at radius 2 is 2.11 bits per heavy atom. The lowest BCUT2D eigenvalue weighted by atomic mass is 10.0. The van der Waals surface area contributed by atoms with E-state index < -0.39 is 16.7 Å². The van der Waals surface area contributed by atoms with Gasteiger partial charge in [0.1, 0.15) is 5.57 Å². The van der Waals surface area contributed by atoms with Gasteiger partial charge in [-0.3, -0.25) is 14.9 Å². The van der Waals surface area contributed by atoms with Gasteiger partial charge < -0.3 is 5.11 Å². The Morgan fingerprint density at radius 1 is 1.42 bits per heavy atom. The minimum atomic E-state index is -1.33. The van der Waals surface area contributed by atoms with Gasteiger partial charge in [-0.05, 0) is 18.1 Å². The zero-order chi connectivity index (χ0) is 14.4. The molecule has 0 saturated carbocycles. The number of hydrogen-bond acceptors (Lipinski definition) is 4. The van der Waals surface area contributed by atoms with Crippen molar-refractivity contribution < 1.29 is 19.6 Å². The average molecular weight is 263 g/mol. The molecule has 0 amide bonds. The zero-order valence-corrected chi connectivity index (χ0v) is 10.3. The number of carboxylic acids is 1. The molecule has 1 aromatic carbocycles. The number of aliphatic carboxylic acids is 1. The monoisotopic (exact) mass is 263 g/mol. The molecule has 0 aliphatic heterocycles. The van der Waals surface area contributed by atoms with E-state index in [1.165, 1.54) is 24.3 Å². The minimum absolute atomic E-state index is 0.132. The Morgan fingerprint density at radius 3 is 2.63 bits per heavy atom. The van der Waals surface area contributed by atoms with E-state index in [1.807, 2.05) is 0 Å². The summed E-state index contributed by atoms with van der Waals surface area (Å²) in [5, 5.41) is 19.6. The van der Waals surface area contributed by atoms with Gasteiger partial charge in [-0.25, -0.2) is 4.79 Å². The second-order valence-electron chi connectivity index (χ2n) is 3.89. The van der Waals surface area contributed by atoms with E-state index in [1.54, 1.807) is 6.92 Å². The number of nitro groups is 1. The van der Waals surface area contributed by atoms with Crippen molar-refractivity contribution >= 4 is 23.5 Å². The van der Waals surface area contributed by atoms with Gasteiger partial charge in [-0.15, -0.1) is 0 Å². The van der Waals surface area contributed by atoms with E-state index in [2.05, 4.69) is 0 Å². The van der Waals surface area contributed by atoms with Gasteiger partial charge in [0.2, 0.25) is 0 Å². The van der Waals surface area contributed by atoms with Gasteiger partial charge >= 0.3 is 5.97 Å². The SMILES string of the molecule is CCCC(=O)C(=Cc1cccc([N+](=O)[O-])c1)C(=O)O. The van der Waals surface area contributed by atoms with Crippen molar-refractivity contribution in [2.24, 2.45) is 0 Å². The fourth-order valence-corrected chi connectivity index (χ4v) is 1.52. The number of nitrogens with zero attached hydrogens (tertiary/aromatic N) is 1. The molecule has 0 saturated heterocycles. The van der Waals surface area contributed by atoms with Crippen LogP contribution >= 0.6 is 0 Å². The van der Waals surface area contributed by atoms with Crippen LogP contribution < -0.4 is 0 Å². The van der Waals surface area contributed by atoms with Gasteiger partial charge in [0.05, 0.1) is 4.92 Å². The maximum atomic E-state index is 11.6. The summed E-state index contributed by atoms with van der Waals surface area (Å²) in [5.74, 6) is -1.81. The molecule has 100 valence electrons. The van der Waals surface area contributed by atoms with Crippen LogP contribution in [0.4, 0.5) is 5.69 Å². The molecular formula is C13H13NO5. The number of Topliss-reactive ketones (excluding diaryl/α,β-unsaturated/α-hetero) is 1. The molecule has 0 radical (unpaired) electrons. The molecular weight excluding hydrogens is 250 g/mol. The van der Waals surface area contributed by atoms with E-state index in [-0.39, 0.29) is 17.7 Å². The summed E-state index contributed by atoms with van der Waals surface area (Å²) in [6, 6.07) is 5.47. The van der Waals surface area contributed by atoms with Crippen molar-refractivity contribution in [2.75, 3.05) is 0 Å². The third-order valence-corrected chi connectivity index (χ3v) is 2.40. The maximum absolute atomic E-state index is 11.6. The third-order valence-electron chi connectivity index (χ3n) is 2.40. The largest absolute Gasteiger partial charge is 0.478 e. The molecule has 0 heterocycles. The molecule has 6 heteroatoms. The highest BCUT2D eigenvalue weighted by Crippen LogP contribution is 2.17. The van der Waals surface area contributed by atoms with Crippen molar-refractivity contribution in [1.29, 1.82) is 0 Å². The maximum Gasteiger partial charge on any atom is 0.339 e. The first-order valence-corrected chi connectivity index (χ1v) is 5.68.